The average molecular weight is 828 g/mol. The van der Waals surface area contributed by atoms with E-state index in [9.17, 15) is 28.8 Å². The number of nitrogens with zero attached hydrogens (tertiary/aromatic N) is 2. The summed E-state index contributed by atoms with van der Waals surface area (Å²) in [5, 5.41) is 9.49. The number of halogens is 1. The number of nitrogens with one attached hydrogen (secondary N) is 3. The zero-order valence-electron chi connectivity index (χ0n) is 32.2. The maximum absolute atomic E-state index is 13.2. The van der Waals surface area contributed by atoms with Gasteiger partial charge in [0, 0.05) is 59.6 Å². The van der Waals surface area contributed by atoms with Crippen molar-refractivity contribution in [1.29, 1.82) is 0 Å². The van der Waals surface area contributed by atoms with Crippen LogP contribution in [0.2, 0.25) is 5.02 Å². The number of fused-ring (bicyclic) bond motifs is 1. The van der Waals surface area contributed by atoms with E-state index in [0.29, 0.717) is 44.4 Å². The first-order valence-corrected chi connectivity index (χ1v) is 19.1. The fourth-order valence-electron chi connectivity index (χ4n) is 5.91. The summed E-state index contributed by atoms with van der Waals surface area (Å²) < 4.78 is 16.7. The number of anilines is 1. The maximum atomic E-state index is 13.2. The first-order chi connectivity index (χ1) is 27.7. The number of Topliss-reactive ketones (excluding diaryl/α,β-unsaturated/α-hetero) is 1. The molecule has 0 spiro atoms. The minimum Gasteiger partial charge on any atom is -0.496 e. The van der Waals surface area contributed by atoms with Gasteiger partial charge >= 0.3 is 6.09 Å². The second-order valence-electron chi connectivity index (χ2n) is 13.8. The van der Waals surface area contributed by atoms with Crippen molar-refractivity contribution < 1.29 is 42.7 Å². The number of alkyl carbamates (subject to hydrolysis) is 1. The standard InChI is InChI=1S/C42H42ClN5O9S/c1-24(2)39(46-35(50)6-5-19-48-37(51)17-18-38(48)52)32(49)20-25(3)40(53)45-29-11-7-26(8-12-29)23-56-42(54)47-41(58)31-22-30(13-15-34(31)55-4)44-36-16-9-27-21-28(43)10-14-33(27)57-36/h7-18,21-22,24-25,39H,5-6,19-20,23H2,1-4H3,(H,45,53)(H,46,50)(H,47,54,58)/t25-,39+/m0/s1. The summed E-state index contributed by atoms with van der Waals surface area (Å²) in [5.74, 6) is -2.45. The second kappa shape index (κ2) is 19.8. The highest BCUT2D eigenvalue weighted by atomic mass is 35.5. The number of carbonyl (C=O) groups is 6. The molecule has 0 saturated carbocycles. The summed E-state index contributed by atoms with van der Waals surface area (Å²) in [4.78, 5) is 80.6. The molecule has 16 heteroatoms. The molecule has 5 rings (SSSR count). The molecule has 2 heterocycles. The molecular weight excluding hydrogens is 786 g/mol. The van der Waals surface area contributed by atoms with Crippen LogP contribution < -0.4 is 26.2 Å². The number of benzene rings is 3. The first-order valence-electron chi connectivity index (χ1n) is 18.4. The highest BCUT2D eigenvalue weighted by molar-refractivity contribution is 7.80. The zero-order valence-corrected chi connectivity index (χ0v) is 33.8. The topological polar surface area (TPSA) is 186 Å². The summed E-state index contributed by atoms with van der Waals surface area (Å²) in [5.41, 5.74) is 2.97. The van der Waals surface area contributed by atoms with Crippen LogP contribution in [-0.2, 0) is 35.3 Å². The van der Waals surface area contributed by atoms with Crippen molar-refractivity contribution in [3.05, 3.63) is 107 Å². The molecule has 0 aliphatic carbocycles. The largest absolute Gasteiger partial charge is 0.496 e. The monoisotopic (exact) mass is 827 g/mol. The van der Waals surface area contributed by atoms with E-state index in [1.807, 2.05) is 6.07 Å². The molecular formula is C42H42ClN5O9S. The Morgan fingerprint density at radius 1 is 0.931 bits per heavy atom. The van der Waals surface area contributed by atoms with Gasteiger partial charge in [0.1, 0.15) is 22.9 Å². The highest BCUT2D eigenvalue weighted by Gasteiger charge is 2.28. The summed E-state index contributed by atoms with van der Waals surface area (Å²) in [6.45, 7) is 5.20. The molecule has 3 N–H and O–H groups in total. The molecule has 58 heavy (non-hydrogen) atoms. The number of ketones is 1. The number of ether oxygens (including phenoxy) is 2. The van der Waals surface area contributed by atoms with Gasteiger partial charge in [-0.2, -0.15) is 0 Å². The van der Waals surface area contributed by atoms with E-state index in [1.54, 1.807) is 87.5 Å². The average Bonchev–Trinajstić information content (AvgIpc) is 3.51. The SMILES string of the molecule is COc1ccc(N=c2ccc3cc(Cl)ccc3o2)cc1C(=S)NC(=O)OCc1ccc(NC(=O)[C@@H](C)CC(=O)[C@H](NC(=O)CCCN2C(=O)C=CC2=O)C(C)C)cc1. The van der Waals surface area contributed by atoms with Crippen LogP contribution in [0, 0.1) is 11.8 Å². The molecule has 14 nitrogen and oxygen atoms in total. The van der Waals surface area contributed by atoms with Crippen molar-refractivity contribution in [2.75, 3.05) is 19.0 Å². The zero-order chi connectivity index (χ0) is 41.9. The number of thiocarbonyl (C=S) groups is 1. The van der Waals surface area contributed by atoms with Crippen molar-refractivity contribution in [3.8, 4) is 5.75 Å². The molecule has 0 saturated heterocycles. The van der Waals surface area contributed by atoms with E-state index in [-0.39, 0.29) is 55.0 Å². The Bertz CT molecular complexity index is 2320. The molecule has 3 aromatic carbocycles. The van der Waals surface area contributed by atoms with Crippen molar-refractivity contribution in [3.63, 3.8) is 0 Å². The minimum atomic E-state index is -0.813. The Morgan fingerprint density at radius 3 is 2.34 bits per heavy atom. The van der Waals surface area contributed by atoms with E-state index in [0.717, 1.165) is 10.3 Å². The van der Waals surface area contributed by atoms with E-state index in [2.05, 4.69) is 20.9 Å². The van der Waals surface area contributed by atoms with Crippen LogP contribution >= 0.6 is 23.8 Å². The molecule has 1 aliphatic heterocycles. The number of methoxy groups -OCH3 is 1. The van der Waals surface area contributed by atoms with Crippen LogP contribution in [0.4, 0.5) is 16.2 Å². The lowest BCUT2D eigenvalue weighted by Gasteiger charge is -2.23. The van der Waals surface area contributed by atoms with Crippen molar-refractivity contribution in [2.24, 2.45) is 16.8 Å². The predicted octanol–water partition coefficient (Wildman–Crippen LogP) is 6.31. The summed E-state index contributed by atoms with van der Waals surface area (Å²) in [7, 11) is 1.48. The molecule has 4 aromatic rings. The van der Waals surface area contributed by atoms with Crippen LogP contribution in [0.15, 0.2) is 94.4 Å². The lowest BCUT2D eigenvalue weighted by Crippen LogP contribution is -2.45. The third-order valence-corrected chi connectivity index (χ3v) is 9.59. The van der Waals surface area contributed by atoms with Gasteiger partial charge in [-0.05, 0) is 72.5 Å². The molecule has 1 aliphatic rings. The van der Waals surface area contributed by atoms with Gasteiger partial charge in [0.05, 0.1) is 24.4 Å². The number of amides is 5. The Labute approximate surface area is 344 Å². The van der Waals surface area contributed by atoms with Gasteiger partial charge in [-0.3, -0.25) is 34.2 Å². The third kappa shape index (κ3) is 11.7. The second-order valence-corrected chi connectivity index (χ2v) is 14.6. The van der Waals surface area contributed by atoms with Gasteiger partial charge in [0.15, 0.2) is 5.78 Å². The summed E-state index contributed by atoms with van der Waals surface area (Å²) >= 11 is 11.6. The molecule has 1 aromatic heterocycles. The van der Waals surface area contributed by atoms with Gasteiger partial charge in [0.25, 0.3) is 11.8 Å². The number of hydrogen-bond acceptors (Lipinski definition) is 11. The van der Waals surface area contributed by atoms with Crippen LogP contribution in [0.1, 0.15) is 51.2 Å². The lowest BCUT2D eigenvalue weighted by atomic mass is 9.92. The van der Waals surface area contributed by atoms with E-state index >= 15 is 0 Å². The van der Waals surface area contributed by atoms with E-state index in [1.165, 1.54) is 19.3 Å². The predicted molar refractivity (Wildman–Crippen MR) is 220 cm³/mol. The van der Waals surface area contributed by atoms with Gasteiger partial charge < -0.3 is 24.5 Å². The summed E-state index contributed by atoms with van der Waals surface area (Å²) in [6, 6.07) is 19.7. The quantitative estimate of drug-likeness (QED) is 0.0854. The normalized spacial score (nSPS) is 13.7. The smallest absolute Gasteiger partial charge is 0.412 e. The Morgan fingerprint density at radius 2 is 1.66 bits per heavy atom. The molecule has 302 valence electrons. The highest BCUT2D eigenvalue weighted by Crippen LogP contribution is 2.25. The van der Waals surface area contributed by atoms with Crippen molar-refractivity contribution in [2.45, 2.75) is 52.7 Å². The molecule has 2 atom stereocenters. The Balaban J connectivity index is 1.08. The van der Waals surface area contributed by atoms with Crippen LogP contribution in [0.5, 0.6) is 5.75 Å². The van der Waals surface area contributed by atoms with E-state index in [4.69, 9.17) is 37.7 Å². The molecule has 0 unspecified atom stereocenters. The van der Waals surface area contributed by atoms with Crippen molar-refractivity contribution in [1.82, 2.24) is 15.5 Å². The van der Waals surface area contributed by atoms with Gasteiger partial charge in [-0.15, -0.1) is 0 Å². The summed E-state index contributed by atoms with van der Waals surface area (Å²) in [6.07, 6.45) is 1.73. The number of imide groups is 1. The van der Waals surface area contributed by atoms with Gasteiger partial charge in [-0.1, -0.05) is 56.7 Å². The minimum absolute atomic E-state index is 0.0196. The number of rotatable bonds is 16. The maximum Gasteiger partial charge on any atom is 0.412 e. The van der Waals surface area contributed by atoms with E-state index < -0.39 is 35.8 Å². The Hall–Kier alpha value is -6.19. The van der Waals surface area contributed by atoms with Gasteiger partial charge in [-0.25, -0.2) is 9.79 Å². The van der Waals surface area contributed by atoms with Crippen molar-refractivity contribution >= 4 is 86.7 Å². The molecule has 0 fully saturated rings. The van der Waals surface area contributed by atoms with Gasteiger partial charge in [0.2, 0.25) is 17.4 Å². The lowest BCUT2D eigenvalue weighted by molar-refractivity contribution is -0.137. The molecule has 5 amide bonds. The van der Waals surface area contributed by atoms with Crippen LogP contribution in [-0.4, -0.2) is 65.1 Å². The van der Waals surface area contributed by atoms with Crippen LogP contribution in [0.3, 0.4) is 0 Å². The number of carbonyl (C=O) groups excluding carboxylic acids is 6. The fraction of sp³-hybridized carbons (Fsp3) is 0.286. The first kappa shape index (κ1) is 42.9. The third-order valence-electron chi connectivity index (χ3n) is 9.04. The fourth-order valence-corrected chi connectivity index (χ4v) is 6.33. The number of hydrogen-bond donors (Lipinski definition) is 3. The van der Waals surface area contributed by atoms with Crippen LogP contribution in [0.25, 0.3) is 11.0 Å². The molecule has 0 radical (unpaired) electrons. The Kier molecular flexibility index (Phi) is 14.7. The molecule has 0 bridgehead atoms.